The third kappa shape index (κ3) is 2.33. The van der Waals surface area contributed by atoms with Gasteiger partial charge in [0, 0.05) is 19.1 Å². The molecule has 1 saturated heterocycles. The van der Waals surface area contributed by atoms with Gasteiger partial charge in [0.25, 0.3) is 0 Å². The molecule has 0 aliphatic carbocycles. The van der Waals surface area contributed by atoms with E-state index in [4.69, 9.17) is 10.5 Å². The van der Waals surface area contributed by atoms with Crippen LogP contribution in [0.2, 0.25) is 0 Å². The van der Waals surface area contributed by atoms with Crippen LogP contribution in [0.4, 0.5) is 4.39 Å². The fourth-order valence-corrected chi connectivity index (χ4v) is 3.45. The van der Waals surface area contributed by atoms with E-state index in [-0.39, 0.29) is 23.2 Å². The summed E-state index contributed by atoms with van der Waals surface area (Å²) in [5.74, 6) is -0.672. The molecule has 2 rings (SSSR count). The molecule has 0 unspecified atom stereocenters. The number of methoxy groups -OCH3 is 1. The van der Waals surface area contributed by atoms with Crippen molar-refractivity contribution in [2.24, 2.45) is 5.73 Å². The average molecular weight is 274 g/mol. The van der Waals surface area contributed by atoms with Crippen LogP contribution in [-0.4, -0.2) is 39.0 Å². The Morgan fingerprint density at radius 1 is 1.50 bits per heavy atom. The van der Waals surface area contributed by atoms with Gasteiger partial charge in [-0.2, -0.15) is 4.31 Å². The van der Waals surface area contributed by atoms with Gasteiger partial charge in [0.2, 0.25) is 10.0 Å². The molecule has 1 aromatic carbocycles. The van der Waals surface area contributed by atoms with Gasteiger partial charge < -0.3 is 10.5 Å². The van der Waals surface area contributed by atoms with Crippen LogP contribution >= 0.6 is 0 Å². The molecule has 1 heterocycles. The van der Waals surface area contributed by atoms with Crippen molar-refractivity contribution < 1.29 is 17.5 Å². The van der Waals surface area contributed by atoms with Gasteiger partial charge in [-0.3, -0.25) is 0 Å². The Bertz CT molecular complexity index is 547. The summed E-state index contributed by atoms with van der Waals surface area (Å²) in [7, 11) is -2.34. The van der Waals surface area contributed by atoms with E-state index in [1.807, 2.05) is 0 Å². The first-order valence-corrected chi connectivity index (χ1v) is 6.98. The lowest BCUT2D eigenvalue weighted by molar-refractivity contribution is 0.385. The van der Waals surface area contributed by atoms with E-state index in [9.17, 15) is 12.8 Å². The van der Waals surface area contributed by atoms with Gasteiger partial charge in [-0.05, 0) is 24.6 Å². The largest absolute Gasteiger partial charge is 0.494 e. The van der Waals surface area contributed by atoms with Crippen LogP contribution in [0.5, 0.6) is 5.75 Å². The second-order valence-electron chi connectivity index (χ2n) is 4.21. The fraction of sp³-hybridized carbons (Fsp3) is 0.455. The molecule has 7 heteroatoms. The van der Waals surface area contributed by atoms with Gasteiger partial charge >= 0.3 is 0 Å². The Morgan fingerprint density at radius 2 is 2.22 bits per heavy atom. The van der Waals surface area contributed by atoms with Crippen LogP contribution < -0.4 is 10.5 Å². The Kier molecular flexibility index (Phi) is 3.56. The summed E-state index contributed by atoms with van der Waals surface area (Å²) in [5, 5.41) is 0. The Morgan fingerprint density at radius 3 is 2.72 bits per heavy atom. The van der Waals surface area contributed by atoms with Crippen LogP contribution in [0.3, 0.4) is 0 Å². The average Bonchev–Trinajstić information content (AvgIpc) is 2.76. The summed E-state index contributed by atoms with van der Waals surface area (Å²) >= 11 is 0. The van der Waals surface area contributed by atoms with E-state index in [0.29, 0.717) is 13.0 Å². The minimum Gasteiger partial charge on any atom is -0.494 e. The minimum atomic E-state index is -3.66. The summed E-state index contributed by atoms with van der Waals surface area (Å²) in [4.78, 5) is -0.0742. The van der Waals surface area contributed by atoms with Crippen LogP contribution in [0.25, 0.3) is 0 Å². The number of rotatable bonds is 3. The first-order chi connectivity index (χ1) is 8.45. The maximum atomic E-state index is 13.5. The first kappa shape index (κ1) is 13.3. The maximum Gasteiger partial charge on any atom is 0.243 e. The molecule has 100 valence electrons. The van der Waals surface area contributed by atoms with E-state index in [1.165, 1.54) is 23.5 Å². The second-order valence-corrected chi connectivity index (χ2v) is 6.15. The van der Waals surface area contributed by atoms with Crippen molar-refractivity contribution in [3.8, 4) is 5.75 Å². The van der Waals surface area contributed by atoms with Crippen molar-refractivity contribution in [2.75, 3.05) is 20.2 Å². The molecule has 0 aromatic heterocycles. The van der Waals surface area contributed by atoms with E-state index in [0.717, 1.165) is 6.07 Å². The number of sulfonamides is 1. The summed E-state index contributed by atoms with van der Waals surface area (Å²) in [6.07, 6.45) is 0.623. The Balaban J connectivity index is 2.33. The highest BCUT2D eigenvalue weighted by molar-refractivity contribution is 7.89. The molecule has 0 radical (unpaired) electrons. The molecule has 18 heavy (non-hydrogen) atoms. The molecular formula is C11H15FN2O3S. The van der Waals surface area contributed by atoms with E-state index >= 15 is 0 Å². The van der Waals surface area contributed by atoms with Crippen molar-refractivity contribution in [1.29, 1.82) is 0 Å². The monoisotopic (exact) mass is 274 g/mol. The van der Waals surface area contributed by atoms with Gasteiger partial charge in [-0.1, -0.05) is 0 Å². The number of nitrogens with zero attached hydrogens (tertiary/aromatic N) is 1. The lowest BCUT2D eigenvalue weighted by Gasteiger charge is -2.16. The zero-order valence-corrected chi connectivity index (χ0v) is 10.8. The van der Waals surface area contributed by atoms with Crippen molar-refractivity contribution in [3.63, 3.8) is 0 Å². The van der Waals surface area contributed by atoms with Crippen LogP contribution in [0.1, 0.15) is 6.42 Å². The van der Waals surface area contributed by atoms with Gasteiger partial charge in [-0.15, -0.1) is 0 Å². The molecule has 0 amide bonds. The molecule has 1 aromatic rings. The van der Waals surface area contributed by atoms with Gasteiger partial charge in [-0.25, -0.2) is 12.8 Å². The summed E-state index contributed by atoms with van der Waals surface area (Å²) < 4.78 is 43.9. The van der Waals surface area contributed by atoms with E-state index < -0.39 is 15.8 Å². The first-order valence-electron chi connectivity index (χ1n) is 5.54. The van der Waals surface area contributed by atoms with Crippen molar-refractivity contribution in [3.05, 3.63) is 24.0 Å². The topological polar surface area (TPSA) is 72.6 Å². The predicted octanol–water partition coefficient (Wildman–Crippen LogP) is 0.556. The van der Waals surface area contributed by atoms with Crippen LogP contribution in [0, 0.1) is 5.82 Å². The molecule has 1 aliphatic rings. The summed E-state index contributed by atoms with van der Waals surface area (Å²) in [6.45, 7) is 0.646. The molecule has 0 bridgehead atoms. The normalized spacial score (nSPS) is 21.2. The zero-order valence-electron chi connectivity index (χ0n) is 9.97. The molecule has 0 spiro atoms. The molecule has 1 fully saturated rings. The SMILES string of the molecule is COc1ccc(S(=O)(=O)N2CC[C@@H](N)C2)cc1F. The third-order valence-electron chi connectivity index (χ3n) is 2.95. The standard InChI is InChI=1S/C11H15FN2O3S/c1-17-11-3-2-9(6-10(11)12)18(15,16)14-5-4-8(13)7-14/h2-3,6,8H,4-5,7,13H2,1H3/t8-/m1/s1. The maximum absolute atomic E-state index is 13.5. The van der Waals surface area contributed by atoms with Crippen molar-refractivity contribution in [2.45, 2.75) is 17.4 Å². The highest BCUT2D eigenvalue weighted by Crippen LogP contribution is 2.25. The number of hydrogen-bond donors (Lipinski definition) is 1. The Hall–Kier alpha value is -1.18. The molecule has 1 atom stereocenters. The predicted molar refractivity (Wildman–Crippen MR) is 64.3 cm³/mol. The summed E-state index contributed by atoms with van der Waals surface area (Å²) in [5.41, 5.74) is 5.68. The number of halogens is 1. The van der Waals surface area contributed by atoms with Gasteiger partial charge in [0.15, 0.2) is 11.6 Å². The highest BCUT2D eigenvalue weighted by Gasteiger charge is 2.31. The van der Waals surface area contributed by atoms with Crippen LogP contribution in [-0.2, 0) is 10.0 Å². The van der Waals surface area contributed by atoms with E-state index in [1.54, 1.807) is 0 Å². The Labute approximate surface area is 105 Å². The number of ether oxygens (including phenoxy) is 1. The molecule has 0 saturated carbocycles. The van der Waals surface area contributed by atoms with E-state index in [2.05, 4.69) is 0 Å². The lowest BCUT2D eigenvalue weighted by atomic mass is 10.3. The molecule has 1 aliphatic heterocycles. The molecule has 5 nitrogen and oxygen atoms in total. The minimum absolute atomic E-state index is 0.0204. The second kappa shape index (κ2) is 4.83. The lowest BCUT2D eigenvalue weighted by Crippen LogP contribution is -2.32. The van der Waals surface area contributed by atoms with Gasteiger partial charge in [0.1, 0.15) is 0 Å². The number of hydrogen-bond acceptors (Lipinski definition) is 4. The van der Waals surface area contributed by atoms with Crippen LogP contribution in [0.15, 0.2) is 23.1 Å². The van der Waals surface area contributed by atoms with Crippen molar-refractivity contribution >= 4 is 10.0 Å². The zero-order chi connectivity index (χ0) is 13.3. The smallest absolute Gasteiger partial charge is 0.243 e. The highest BCUT2D eigenvalue weighted by atomic mass is 32.2. The quantitative estimate of drug-likeness (QED) is 0.874. The number of benzene rings is 1. The number of nitrogens with two attached hydrogens (primary N) is 1. The summed E-state index contributed by atoms with van der Waals surface area (Å²) in [6, 6.07) is 3.46. The third-order valence-corrected chi connectivity index (χ3v) is 4.81. The molecule has 2 N–H and O–H groups in total. The fourth-order valence-electron chi connectivity index (χ4n) is 1.93. The molecular weight excluding hydrogens is 259 g/mol. The van der Waals surface area contributed by atoms with Crippen molar-refractivity contribution in [1.82, 2.24) is 4.31 Å². The van der Waals surface area contributed by atoms with Gasteiger partial charge in [0.05, 0.1) is 12.0 Å².